The fourth-order valence-corrected chi connectivity index (χ4v) is 3.58. The number of primary amides is 1. The van der Waals surface area contributed by atoms with Crippen LogP contribution in [-0.2, 0) is 17.7 Å². The molecule has 2 aliphatic rings. The molecule has 0 bridgehead atoms. The highest BCUT2D eigenvalue weighted by Crippen LogP contribution is 2.30. The van der Waals surface area contributed by atoms with Crippen molar-refractivity contribution in [1.82, 2.24) is 9.47 Å². The number of carbonyl (C=O) groups is 2. The van der Waals surface area contributed by atoms with Gasteiger partial charge in [0.1, 0.15) is 5.56 Å². The first kappa shape index (κ1) is 16.3. The van der Waals surface area contributed by atoms with Crippen molar-refractivity contribution in [2.75, 3.05) is 6.61 Å². The van der Waals surface area contributed by atoms with E-state index in [0.29, 0.717) is 13.0 Å². The van der Waals surface area contributed by atoms with Gasteiger partial charge in [-0.25, -0.2) is 0 Å². The fraction of sp³-hybridized carbons (Fsp3) is 0.278. The molecule has 4 rings (SSSR count). The van der Waals surface area contributed by atoms with Crippen molar-refractivity contribution in [2.45, 2.75) is 25.2 Å². The van der Waals surface area contributed by atoms with E-state index in [4.69, 9.17) is 10.5 Å². The average molecular weight is 355 g/mol. The molecule has 1 aromatic carbocycles. The van der Waals surface area contributed by atoms with Gasteiger partial charge < -0.3 is 25.0 Å². The highest BCUT2D eigenvalue weighted by Gasteiger charge is 2.44. The first-order valence-electron chi connectivity index (χ1n) is 8.21. The van der Waals surface area contributed by atoms with Gasteiger partial charge in [0.25, 0.3) is 11.8 Å². The summed E-state index contributed by atoms with van der Waals surface area (Å²) in [6, 6.07) is 9.50. The Morgan fingerprint density at radius 3 is 2.69 bits per heavy atom. The molecule has 0 spiro atoms. The zero-order valence-corrected chi connectivity index (χ0v) is 13.8. The van der Waals surface area contributed by atoms with Crippen LogP contribution < -0.4 is 11.2 Å². The van der Waals surface area contributed by atoms with E-state index in [9.17, 15) is 19.5 Å². The molecule has 26 heavy (non-hydrogen) atoms. The van der Waals surface area contributed by atoms with Crippen molar-refractivity contribution in [3.63, 3.8) is 0 Å². The number of ether oxygens (including phenoxy) is 1. The Labute approximate surface area is 148 Å². The van der Waals surface area contributed by atoms with Crippen molar-refractivity contribution in [2.24, 2.45) is 5.73 Å². The van der Waals surface area contributed by atoms with Gasteiger partial charge in [-0.05, 0) is 12.0 Å². The number of pyridine rings is 1. The normalized spacial score (nSPS) is 21.4. The maximum absolute atomic E-state index is 13.0. The lowest BCUT2D eigenvalue weighted by molar-refractivity contribution is 0.00576. The maximum Gasteiger partial charge on any atom is 0.276 e. The van der Waals surface area contributed by atoms with Crippen LogP contribution in [-0.4, -0.2) is 45.3 Å². The van der Waals surface area contributed by atoms with Crippen LogP contribution >= 0.6 is 0 Å². The Hall–Kier alpha value is -3.13. The summed E-state index contributed by atoms with van der Waals surface area (Å²) in [7, 11) is 0. The maximum atomic E-state index is 13.0. The van der Waals surface area contributed by atoms with Crippen LogP contribution in [0.25, 0.3) is 0 Å². The largest absolute Gasteiger partial charge is 0.503 e. The molecule has 134 valence electrons. The second-order valence-corrected chi connectivity index (χ2v) is 6.43. The van der Waals surface area contributed by atoms with Gasteiger partial charge >= 0.3 is 0 Å². The van der Waals surface area contributed by atoms with E-state index in [2.05, 4.69) is 0 Å². The Balaban J connectivity index is 1.72. The van der Waals surface area contributed by atoms with Crippen LogP contribution in [0.3, 0.4) is 0 Å². The number of rotatable bonds is 3. The lowest BCUT2D eigenvalue weighted by atomic mass is 10.0. The van der Waals surface area contributed by atoms with Crippen LogP contribution in [0.4, 0.5) is 0 Å². The lowest BCUT2D eigenvalue weighted by Gasteiger charge is -2.34. The van der Waals surface area contributed by atoms with E-state index in [-0.39, 0.29) is 23.8 Å². The van der Waals surface area contributed by atoms with Crippen molar-refractivity contribution >= 4 is 11.8 Å². The minimum Gasteiger partial charge on any atom is -0.503 e. The zero-order chi connectivity index (χ0) is 18.4. The van der Waals surface area contributed by atoms with Crippen molar-refractivity contribution in [3.05, 3.63) is 63.6 Å². The quantitative estimate of drug-likeness (QED) is 0.809. The van der Waals surface area contributed by atoms with Crippen LogP contribution in [0, 0.1) is 0 Å². The third kappa shape index (κ3) is 2.46. The molecule has 3 heterocycles. The topological polar surface area (TPSA) is 115 Å². The Morgan fingerprint density at radius 1 is 1.27 bits per heavy atom. The highest BCUT2D eigenvalue weighted by molar-refractivity contribution is 5.98. The number of nitrogens with zero attached hydrogens (tertiary/aromatic N) is 2. The zero-order valence-electron chi connectivity index (χ0n) is 13.8. The minimum absolute atomic E-state index is 0.139. The van der Waals surface area contributed by atoms with Crippen LogP contribution in [0.1, 0.15) is 26.4 Å². The van der Waals surface area contributed by atoms with Crippen LogP contribution in [0.15, 0.2) is 41.3 Å². The summed E-state index contributed by atoms with van der Waals surface area (Å²) in [5.41, 5.74) is 4.81. The number of amides is 2. The average Bonchev–Trinajstić information content (AvgIpc) is 3.01. The van der Waals surface area contributed by atoms with E-state index in [1.54, 1.807) is 4.90 Å². The Bertz CT molecular complexity index is 953. The number of carbonyl (C=O) groups excluding carboxylic acids is 2. The molecule has 2 amide bonds. The summed E-state index contributed by atoms with van der Waals surface area (Å²) in [5.74, 6) is -2.20. The molecule has 0 aliphatic carbocycles. The third-order valence-electron chi connectivity index (χ3n) is 4.81. The lowest BCUT2D eigenvalue weighted by Crippen LogP contribution is -2.50. The summed E-state index contributed by atoms with van der Waals surface area (Å²) in [6.07, 6.45) is 1.29. The van der Waals surface area contributed by atoms with E-state index >= 15 is 0 Å². The number of fused-ring (bicyclic) bond motifs is 2. The smallest absolute Gasteiger partial charge is 0.276 e. The molecule has 1 saturated heterocycles. The molecule has 1 fully saturated rings. The summed E-state index contributed by atoms with van der Waals surface area (Å²) in [5, 5.41) is 10.2. The number of benzene rings is 1. The summed E-state index contributed by atoms with van der Waals surface area (Å²) >= 11 is 0. The third-order valence-corrected chi connectivity index (χ3v) is 4.81. The second-order valence-electron chi connectivity index (χ2n) is 6.43. The number of hydrogen-bond donors (Lipinski definition) is 2. The molecule has 2 unspecified atom stereocenters. The molecular formula is C18H17N3O5. The highest BCUT2D eigenvalue weighted by atomic mass is 16.5. The van der Waals surface area contributed by atoms with E-state index in [0.717, 1.165) is 5.56 Å². The Kier molecular flexibility index (Phi) is 3.77. The van der Waals surface area contributed by atoms with Gasteiger partial charge in [0.05, 0.1) is 19.2 Å². The van der Waals surface area contributed by atoms with E-state index < -0.39 is 29.2 Å². The van der Waals surface area contributed by atoms with Gasteiger partial charge in [-0.3, -0.25) is 14.4 Å². The molecule has 2 aromatic rings. The van der Waals surface area contributed by atoms with Gasteiger partial charge in [-0.1, -0.05) is 30.3 Å². The Morgan fingerprint density at radius 2 is 2.00 bits per heavy atom. The van der Waals surface area contributed by atoms with Crippen LogP contribution in [0.2, 0.25) is 0 Å². The SMILES string of the molecule is NC(=O)c1cn2c(c(O)c1=O)C(=O)N1C(Cc3ccccc3)COC1C2. The molecular weight excluding hydrogens is 338 g/mol. The molecule has 3 N–H and O–H groups in total. The van der Waals surface area contributed by atoms with Crippen molar-refractivity contribution in [3.8, 4) is 5.75 Å². The summed E-state index contributed by atoms with van der Waals surface area (Å²) in [4.78, 5) is 38.0. The molecule has 0 saturated carbocycles. The molecule has 8 nitrogen and oxygen atoms in total. The van der Waals surface area contributed by atoms with Gasteiger partial charge in [0, 0.05) is 6.20 Å². The molecule has 1 aromatic heterocycles. The molecule has 8 heteroatoms. The standard InChI is InChI=1S/C18H17N3O5/c19-17(24)12-7-20-8-13-21(18(25)14(20)16(23)15(12)22)11(9-26-13)6-10-4-2-1-3-5-10/h1-5,7,11,13,23H,6,8-9H2,(H2,19,24). The predicted octanol–water partition coefficient (Wildman–Crippen LogP) is 0.0762. The van der Waals surface area contributed by atoms with Gasteiger partial charge in [-0.2, -0.15) is 0 Å². The predicted molar refractivity (Wildman–Crippen MR) is 90.7 cm³/mol. The summed E-state index contributed by atoms with van der Waals surface area (Å²) < 4.78 is 7.11. The number of nitrogens with two attached hydrogens (primary N) is 1. The molecule has 0 radical (unpaired) electrons. The van der Waals surface area contributed by atoms with Crippen LogP contribution in [0.5, 0.6) is 5.75 Å². The van der Waals surface area contributed by atoms with Gasteiger partial charge in [-0.15, -0.1) is 0 Å². The first-order chi connectivity index (χ1) is 12.5. The fourth-order valence-electron chi connectivity index (χ4n) is 3.58. The van der Waals surface area contributed by atoms with E-state index in [1.807, 2.05) is 30.3 Å². The number of aromatic hydroxyl groups is 1. The summed E-state index contributed by atoms with van der Waals surface area (Å²) in [6.45, 7) is 0.563. The second kappa shape index (κ2) is 5.99. The van der Waals surface area contributed by atoms with E-state index in [1.165, 1.54) is 10.8 Å². The van der Waals surface area contributed by atoms with Gasteiger partial charge in [0.15, 0.2) is 17.7 Å². The number of aromatic nitrogens is 1. The molecule has 2 aliphatic heterocycles. The van der Waals surface area contributed by atoms with Gasteiger partial charge in [0.2, 0.25) is 5.43 Å². The van der Waals surface area contributed by atoms with Crippen molar-refractivity contribution < 1.29 is 19.4 Å². The minimum atomic E-state index is -0.954. The van der Waals surface area contributed by atoms with Crippen molar-refractivity contribution in [1.29, 1.82) is 0 Å². The monoisotopic (exact) mass is 355 g/mol. The molecule has 2 atom stereocenters. The number of hydrogen-bond acceptors (Lipinski definition) is 5. The first-order valence-corrected chi connectivity index (χ1v) is 8.21.